The molecule has 0 saturated heterocycles. The summed E-state index contributed by atoms with van der Waals surface area (Å²) in [6.07, 6.45) is 0. The van der Waals surface area contributed by atoms with Gasteiger partial charge in [-0.1, -0.05) is 48.5 Å². The van der Waals surface area contributed by atoms with Gasteiger partial charge in [0.2, 0.25) is 5.91 Å². The molecule has 34 heavy (non-hydrogen) atoms. The van der Waals surface area contributed by atoms with E-state index in [1.807, 2.05) is 48.5 Å². The second-order valence-electron chi connectivity index (χ2n) is 8.18. The molecule has 1 amide bonds. The number of carbonyl (C=O) groups is 3. The van der Waals surface area contributed by atoms with Crippen LogP contribution in [0.25, 0.3) is 11.1 Å². The van der Waals surface area contributed by atoms with Crippen molar-refractivity contribution >= 4 is 17.8 Å². The molecule has 0 bridgehead atoms. The van der Waals surface area contributed by atoms with E-state index < -0.39 is 29.9 Å². The van der Waals surface area contributed by atoms with Crippen LogP contribution in [-0.2, 0) is 28.6 Å². The van der Waals surface area contributed by atoms with E-state index in [0.29, 0.717) is 0 Å². The first-order valence-electron chi connectivity index (χ1n) is 11.1. The topological polar surface area (TPSA) is 137 Å². The van der Waals surface area contributed by atoms with Crippen molar-refractivity contribution in [2.24, 2.45) is 11.1 Å². The minimum Gasteiger partial charge on any atom is -0.480 e. The third kappa shape index (κ3) is 5.80. The van der Waals surface area contributed by atoms with Crippen LogP contribution >= 0.6 is 0 Å². The number of carbonyl (C=O) groups excluding carboxylic acids is 2. The van der Waals surface area contributed by atoms with Crippen molar-refractivity contribution in [3.63, 3.8) is 0 Å². The van der Waals surface area contributed by atoms with Crippen LogP contribution in [-0.4, -0.2) is 69.1 Å². The van der Waals surface area contributed by atoms with Crippen molar-refractivity contribution in [2.45, 2.75) is 12.8 Å². The number of amides is 1. The molecule has 1 unspecified atom stereocenters. The van der Waals surface area contributed by atoms with Crippen molar-refractivity contribution in [3.8, 4) is 11.1 Å². The van der Waals surface area contributed by atoms with Gasteiger partial charge >= 0.3 is 11.9 Å². The Bertz CT molecular complexity index is 980. The van der Waals surface area contributed by atoms with E-state index >= 15 is 0 Å². The predicted molar refractivity (Wildman–Crippen MR) is 124 cm³/mol. The molecule has 2 aromatic rings. The zero-order valence-electron chi connectivity index (χ0n) is 19.1. The van der Waals surface area contributed by atoms with E-state index in [2.05, 4.69) is 5.32 Å². The van der Waals surface area contributed by atoms with Gasteiger partial charge in [-0.05, 0) is 29.2 Å². The normalized spacial score (nSPS) is 14.1. The molecule has 0 aromatic heterocycles. The third-order valence-electron chi connectivity index (χ3n) is 5.83. The summed E-state index contributed by atoms with van der Waals surface area (Å²) in [5.74, 6) is -2.39. The Labute approximate surface area is 198 Å². The molecule has 3 rings (SSSR count). The van der Waals surface area contributed by atoms with Crippen molar-refractivity contribution < 1.29 is 33.7 Å². The highest BCUT2D eigenvalue weighted by atomic mass is 16.5. The summed E-state index contributed by atoms with van der Waals surface area (Å²) in [7, 11) is 0. The number of esters is 1. The summed E-state index contributed by atoms with van der Waals surface area (Å²) in [5.41, 5.74) is 8.66. The average Bonchev–Trinajstić information content (AvgIpc) is 3.17. The monoisotopic (exact) mass is 470 g/mol. The van der Waals surface area contributed by atoms with E-state index in [-0.39, 0.29) is 45.4 Å². The molecular formula is C25H30N2O7. The summed E-state index contributed by atoms with van der Waals surface area (Å²) in [5, 5.41) is 11.1. The maximum atomic E-state index is 12.9. The van der Waals surface area contributed by atoms with Crippen LogP contribution in [0.1, 0.15) is 24.0 Å². The van der Waals surface area contributed by atoms with Gasteiger partial charge in [-0.25, -0.2) is 4.79 Å². The van der Waals surface area contributed by atoms with Gasteiger partial charge in [-0.3, -0.25) is 9.59 Å². The molecule has 1 atom stereocenters. The average molecular weight is 471 g/mol. The van der Waals surface area contributed by atoms with Gasteiger partial charge < -0.3 is 30.4 Å². The first-order valence-corrected chi connectivity index (χ1v) is 11.1. The number of nitrogens with one attached hydrogen (secondary N) is 1. The fourth-order valence-corrected chi connectivity index (χ4v) is 3.84. The highest BCUT2D eigenvalue weighted by molar-refractivity contribution is 6.02. The van der Waals surface area contributed by atoms with Crippen LogP contribution in [0.3, 0.4) is 0 Å². The zero-order valence-corrected chi connectivity index (χ0v) is 19.1. The number of fused-ring (bicyclic) bond motifs is 3. The van der Waals surface area contributed by atoms with E-state index in [9.17, 15) is 14.4 Å². The number of ether oxygens (including phenoxy) is 3. The molecule has 0 saturated carbocycles. The lowest BCUT2D eigenvalue weighted by molar-refractivity contribution is -0.160. The highest BCUT2D eigenvalue weighted by Crippen LogP contribution is 2.44. The minimum absolute atomic E-state index is 0.106. The summed E-state index contributed by atoms with van der Waals surface area (Å²) in [6, 6.07) is 16.0. The number of aliphatic carboxylic acids is 1. The van der Waals surface area contributed by atoms with Crippen molar-refractivity contribution in [2.75, 3.05) is 46.1 Å². The van der Waals surface area contributed by atoms with Gasteiger partial charge in [0.15, 0.2) is 5.41 Å². The highest BCUT2D eigenvalue weighted by Gasteiger charge is 2.42. The summed E-state index contributed by atoms with van der Waals surface area (Å²) in [6.45, 7) is 1.60. The number of rotatable bonds is 13. The van der Waals surface area contributed by atoms with Gasteiger partial charge in [-0.15, -0.1) is 0 Å². The molecule has 0 fully saturated rings. The summed E-state index contributed by atoms with van der Waals surface area (Å²) >= 11 is 0. The van der Waals surface area contributed by atoms with E-state index in [4.69, 9.17) is 25.1 Å². The van der Waals surface area contributed by atoms with Crippen molar-refractivity contribution in [1.82, 2.24) is 5.32 Å². The molecular weight excluding hydrogens is 440 g/mol. The number of nitrogens with two attached hydrogens (primary N) is 1. The van der Waals surface area contributed by atoms with Gasteiger partial charge in [0.25, 0.3) is 0 Å². The van der Waals surface area contributed by atoms with Crippen LogP contribution in [0.15, 0.2) is 48.5 Å². The van der Waals surface area contributed by atoms with Crippen LogP contribution in [0, 0.1) is 5.41 Å². The van der Waals surface area contributed by atoms with E-state index in [1.165, 1.54) is 6.92 Å². The minimum atomic E-state index is -1.54. The van der Waals surface area contributed by atoms with Crippen LogP contribution in [0.5, 0.6) is 0 Å². The van der Waals surface area contributed by atoms with Gasteiger partial charge in [0.1, 0.15) is 13.2 Å². The Morgan fingerprint density at radius 1 is 0.971 bits per heavy atom. The fraction of sp³-hybridized carbons (Fsp3) is 0.400. The molecule has 182 valence electrons. The lowest BCUT2D eigenvalue weighted by Crippen LogP contribution is -2.50. The molecule has 9 heteroatoms. The summed E-state index contributed by atoms with van der Waals surface area (Å²) in [4.78, 5) is 36.0. The van der Waals surface area contributed by atoms with E-state index in [0.717, 1.165) is 22.3 Å². The molecule has 0 aliphatic heterocycles. The molecule has 1 aliphatic rings. The Balaban J connectivity index is 1.51. The molecule has 0 spiro atoms. The molecule has 2 aromatic carbocycles. The lowest BCUT2D eigenvalue weighted by Gasteiger charge is -2.25. The number of carboxylic acids is 1. The molecule has 1 aliphatic carbocycles. The maximum Gasteiger partial charge on any atom is 0.329 e. The molecule has 9 nitrogen and oxygen atoms in total. The fourth-order valence-electron chi connectivity index (χ4n) is 3.84. The van der Waals surface area contributed by atoms with Crippen molar-refractivity contribution in [3.05, 3.63) is 59.7 Å². The quantitative estimate of drug-likeness (QED) is 0.228. The molecule has 0 heterocycles. The smallest absolute Gasteiger partial charge is 0.329 e. The van der Waals surface area contributed by atoms with Gasteiger partial charge in [0.05, 0.1) is 19.8 Å². The SMILES string of the molecule is CC(CN)(C(=O)NCCOCCOCC(=O)O)C(=O)OCC1c2ccccc2-c2ccccc21. The Morgan fingerprint density at radius 3 is 2.15 bits per heavy atom. The number of hydrogen-bond donors (Lipinski definition) is 3. The third-order valence-corrected chi connectivity index (χ3v) is 5.83. The zero-order chi connectivity index (χ0) is 24.6. The number of carboxylic acid groups (broad SMARTS) is 1. The predicted octanol–water partition coefficient (Wildman–Crippen LogP) is 1.54. The second kappa shape index (κ2) is 11.7. The lowest BCUT2D eigenvalue weighted by atomic mass is 9.89. The second-order valence-corrected chi connectivity index (χ2v) is 8.18. The standard InChI is InChI=1S/C25H30N2O7/c1-25(16-26,23(30)27-10-11-32-12-13-33-15-22(28)29)24(31)34-14-21-19-8-4-2-6-17(19)18-7-3-5-9-20(18)21/h2-9,21H,10-16,26H2,1H3,(H,27,30)(H,28,29). The largest absolute Gasteiger partial charge is 0.480 e. The van der Waals surface area contributed by atoms with E-state index in [1.54, 1.807) is 0 Å². The first kappa shape index (κ1) is 25.4. The van der Waals surface area contributed by atoms with Crippen LogP contribution in [0.4, 0.5) is 0 Å². The summed E-state index contributed by atoms with van der Waals surface area (Å²) < 4.78 is 15.8. The molecule has 4 N–H and O–H groups in total. The first-order chi connectivity index (χ1) is 16.4. The number of hydrogen-bond acceptors (Lipinski definition) is 7. The van der Waals surface area contributed by atoms with Gasteiger partial charge in [0, 0.05) is 19.0 Å². The molecule has 0 radical (unpaired) electrons. The Kier molecular flexibility index (Phi) is 8.75. The van der Waals surface area contributed by atoms with Crippen LogP contribution in [0.2, 0.25) is 0 Å². The Morgan fingerprint density at radius 2 is 1.56 bits per heavy atom. The Hall–Kier alpha value is -3.27. The van der Waals surface area contributed by atoms with Crippen LogP contribution < -0.4 is 11.1 Å². The van der Waals surface area contributed by atoms with Gasteiger partial charge in [-0.2, -0.15) is 0 Å². The van der Waals surface area contributed by atoms with Crippen molar-refractivity contribution in [1.29, 1.82) is 0 Å². The number of benzene rings is 2. The maximum absolute atomic E-state index is 12.9.